The van der Waals surface area contributed by atoms with Crippen LogP contribution >= 0.6 is 34.8 Å². The average Bonchev–Trinajstić information content (AvgIpc) is 2.82. The van der Waals surface area contributed by atoms with Gasteiger partial charge in [-0.15, -0.1) is 0 Å². The van der Waals surface area contributed by atoms with E-state index in [2.05, 4.69) is 15.8 Å². The summed E-state index contributed by atoms with van der Waals surface area (Å²) in [6.45, 7) is 2.63. The first-order valence-corrected chi connectivity index (χ1v) is 11.2. The molecule has 34 heavy (non-hydrogen) atoms. The summed E-state index contributed by atoms with van der Waals surface area (Å²) < 4.78 is 11.5. The summed E-state index contributed by atoms with van der Waals surface area (Å²) in [6.07, 6.45) is 1.38. The first-order valence-electron chi connectivity index (χ1n) is 10.1. The monoisotopic (exact) mass is 519 g/mol. The minimum atomic E-state index is -0.972. The van der Waals surface area contributed by atoms with E-state index in [0.717, 1.165) is 5.56 Å². The first-order chi connectivity index (χ1) is 16.4. The van der Waals surface area contributed by atoms with E-state index >= 15 is 0 Å². The number of amides is 2. The first kappa shape index (κ1) is 25.4. The number of anilines is 1. The molecule has 0 spiro atoms. The topological polar surface area (TPSA) is 89.0 Å². The van der Waals surface area contributed by atoms with Crippen LogP contribution in [0.3, 0.4) is 0 Å². The van der Waals surface area contributed by atoms with Crippen molar-refractivity contribution >= 4 is 58.5 Å². The molecule has 0 aliphatic rings. The number of nitrogens with one attached hydrogen (secondary N) is 2. The number of hydrazone groups is 1. The molecule has 0 aromatic heterocycles. The van der Waals surface area contributed by atoms with Crippen LogP contribution in [0.15, 0.2) is 65.8 Å². The molecule has 2 amide bonds. The Balaban J connectivity index is 1.60. The summed E-state index contributed by atoms with van der Waals surface area (Å²) in [5.74, 6) is -0.849. The van der Waals surface area contributed by atoms with Gasteiger partial charge in [-0.1, -0.05) is 46.9 Å². The van der Waals surface area contributed by atoms with E-state index in [1.54, 1.807) is 36.4 Å². The van der Waals surface area contributed by atoms with Crippen LogP contribution < -0.4 is 20.2 Å². The zero-order chi connectivity index (χ0) is 24.5. The highest BCUT2D eigenvalue weighted by Crippen LogP contribution is 2.29. The van der Waals surface area contributed by atoms with Crippen LogP contribution in [-0.2, 0) is 16.2 Å². The molecular formula is C24H20Cl3N3O4. The number of nitrogens with zero attached hydrogens (tertiary/aromatic N) is 1. The van der Waals surface area contributed by atoms with Gasteiger partial charge in [-0.3, -0.25) is 9.59 Å². The Morgan fingerprint density at radius 3 is 2.35 bits per heavy atom. The zero-order valence-corrected chi connectivity index (χ0v) is 20.2. The van der Waals surface area contributed by atoms with Crippen molar-refractivity contribution in [2.75, 3.05) is 11.9 Å². The lowest BCUT2D eigenvalue weighted by molar-refractivity contribution is -0.136. The quantitative estimate of drug-likeness (QED) is 0.226. The van der Waals surface area contributed by atoms with E-state index in [4.69, 9.17) is 44.3 Å². The highest BCUT2D eigenvalue weighted by atomic mass is 35.5. The number of rotatable bonds is 8. The fraction of sp³-hybridized carbons (Fsp3) is 0.125. The Morgan fingerprint density at radius 1 is 0.882 bits per heavy atom. The second kappa shape index (κ2) is 12.3. The predicted octanol–water partition coefficient (Wildman–Crippen LogP) is 5.71. The molecule has 3 rings (SSSR count). The molecule has 10 heteroatoms. The van der Waals surface area contributed by atoms with Crippen molar-refractivity contribution in [1.29, 1.82) is 0 Å². The van der Waals surface area contributed by atoms with E-state index in [1.807, 2.05) is 19.1 Å². The third-order valence-corrected chi connectivity index (χ3v) is 5.15. The van der Waals surface area contributed by atoms with Crippen LogP contribution in [0.2, 0.25) is 15.1 Å². The SMILES string of the molecule is CCOc1cc(/C=N/NC(=O)C(=O)Nc2cc(Cl)ccc2Cl)ccc1OCc1ccc(Cl)cc1. The van der Waals surface area contributed by atoms with Crippen LogP contribution in [0.5, 0.6) is 11.5 Å². The minimum absolute atomic E-state index is 0.217. The molecule has 0 unspecified atom stereocenters. The van der Waals surface area contributed by atoms with Gasteiger partial charge in [0.25, 0.3) is 0 Å². The van der Waals surface area contributed by atoms with Crippen LogP contribution in [0, 0.1) is 0 Å². The van der Waals surface area contributed by atoms with Crippen LogP contribution in [0.1, 0.15) is 18.1 Å². The molecule has 0 bridgehead atoms. The molecule has 2 N–H and O–H groups in total. The maximum atomic E-state index is 12.1. The van der Waals surface area contributed by atoms with E-state index in [1.165, 1.54) is 18.3 Å². The third-order valence-electron chi connectivity index (χ3n) is 4.34. The summed E-state index contributed by atoms with van der Waals surface area (Å²) in [6, 6.07) is 17.0. The Labute approximate surface area is 211 Å². The molecule has 0 heterocycles. The standard InChI is InChI=1S/C24H20Cl3N3O4/c1-2-33-22-11-16(5-10-21(22)34-14-15-3-6-17(25)7-4-15)13-28-30-24(32)23(31)29-20-12-18(26)8-9-19(20)27/h3-13H,2,14H2,1H3,(H,29,31)(H,30,32)/b28-13+. The molecule has 176 valence electrons. The number of hydrogen-bond donors (Lipinski definition) is 2. The molecule has 0 aliphatic heterocycles. The highest BCUT2D eigenvalue weighted by molar-refractivity contribution is 6.42. The zero-order valence-electron chi connectivity index (χ0n) is 18.0. The third kappa shape index (κ3) is 7.38. The van der Waals surface area contributed by atoms with E-state index in [-0.39, 0.29) is 10.7 Å². The van der Waals surface area contributed by atoms with Gasteiger partial charge in [0, 0.05) is 10.0 Å². The van der Waals surface area contributed by atoms with Crippen molar-refractivity contribution in [2.24, 2.45) is 5.10 Å². The molecule has 0 radical (unpaired) electrons. The molecule has 3 aromatic carbocycles. The van der Waals surface area contributed by atoms with Crippen molar-refractivity contribution in [3.63, 3.8) is 0 Å². The maximum Gasteiger partial charge on any atom is 0.329 e. The van der Waals surface area contributed by atoms with Crippen molar-refractivity contribution in [1.82, 2.24) is 5.43 Å². The number of carbonyl (C=O) groups excluding carboxylic acids is 2. The molecule has 7 nitrogen and oxygen atoms in total. The Kier molecular flexibility index (Phi) is 9.16. The average molecular weight is 521 g/mol. The summed E-state index contributed by atoms with van der Waals surface area (Å²) in [4.78, 5) is 24.1. The van der Waals surface area contributed by atoms with Crippen molar-refractivity contribution < 1.29 is 19.1 Å². The minimum Gasteiger partial charge on any atom is -0.490 e. The van der Waals surface area contributed by atoms with Gasteiger partial charge in [0.15, 0.2) is 11.5 Å². The maximum absolute atomic E-state index is 12.1. The molecular weight excluding hydrogens is 501 g/mol. The number of ether oxygens (including phenoxy) is 2. The second-order valence-corrected chi connectivity index (χ2v) is 8.11. The smallest absolute Gasteiger partial charge is 0.329 e. The molecule has 0 saturated heterocycles. The number of benzene rings is 3. The van der Waals surface area contributed by atoms with Crippen molar-refractivity contribution in [2.45, 2.75) is 13.5 Å². The Hall–Kier alpha value is -3.26. The van der Waals surface area contributed by atoms with Gasteiger partial charge >= 0.3 is 11.8 Å². The number of carbonyl (C=O) groups is 2. The normalized spacial score (nSPS) is 10.7. The van der Waals surface area contributed by atoms with Gasteiger partial charge in [-0.25, -0.2) is 5.43 Å². The van der Waals surface area contributed by atoms with Crippen molar-refractivity contribution in [3.05, 3.63) is 86.9 Å². The van der Waals surface area contributed by atoms with Crippen LogP contribution in [-0.4, -0.2) is 24.6 Å². The summed E-state index contributed by atoms with van der Waals surface area (Å²) in [7, 11) is 0. The van der Waals surface area contributed by atoms with Gasteiger partial charge in [0.1, 0.15) is 6.61 Å². The van der Waals surface area contributed by atoms with Gasteiger partial charge in [-0.2, -0.15) is 5.10 Å². The fourth-order valence-corrected chi connectivity index (χ4v) is 3.19. The Morgan fingerprint density at radius 2 is 1.62 bits per heavy atom. The summed E-state index contributed by atoms with van der Waals surface area (Å²) in [5.41, 5.74) is 3.96. The van der Waals surface area contributed by atoms with Gasteiger partial charge in [0.05, 0.1) is 23.5 Å². The predicted molar refractivity (Wildman–Crippen MR) is 134 cm³/mol. The van der Waals surface area contributed by atoms with Crippen LogP contribution in [0.25, 0.3) is 0 Å². The number of halogens is 3. The number of hydrogen-bond acceptors (Lipinski definition) is 5. The second-order valence-electron chi connectivity index (χ2n) is 6.83. The molecule has 0 fully saturated rings. The summed E-state index contributed by atoms with van der Waals surface area (Å²) >= 11 is 17.8. The molecule has 0 aliphatic carbocycles. The lowest BCUT2D eigenvalue weighted by Crippen LogP contribution is -2.32. The molecule has 0 saturated carbocycles. The van der Waals surface area contributed by atoms with Gasteiger partial charge in [-0.05, 0) is 66.6 Å². The molecule has 3 aromatic rings. The van der Waals surface area contributed by atoms with E-state index < -0.39 is 11.8 Å². The lowest BCUT2D eigenvalue weighted by atomic mass is 10.2. The summed E-state index contributed by atoms with van der Waals surface area (Å²) in [5, 5.41) is 7.47. The lowest BCUT2D eigenvalue weighted by Gasteiger charge is -2.12. The van der Waals surface area contributed by atoms with Crippen molar-refractivity contribution in [3.8, 4) is 11.5 Å². The van der Waals surface area contributed by atoms with E-state index in [0.29, 0.717) is 40.3 Å². The van der Waals surface area contributed by atoms with Gasteiger partial charge < -0.3 is 14.8 Å². The molecule has 0 atom stereocenters. The highest BCUT2D eigenvalue weighted by Gasteiger charge is 2.15. The Bertz CT molecular complexity index is 1200. The van der Waals surface area contributed by atoms with Crippen LogP contribution in [0.4, 0.5) is 5.69 Å². The van der Waals surface area contributed by atoms with Gasteiger partial charge in [0.2, 0.25) is 0 Å². The van der Waals surface area contributed by atoms with E-state index in [9.17, 15) is 9.59 Å². The fourth-order valence-electron chi connectivity index (χ4n) is 2.72. The largest absolute Gasteiger partial charge is 0.490 e.